The molecule has 0 saturated heterocycles. The molecule has 3 heteroatoms. The second-order valence-corrected chi connectivity index (χ2v) is 5.26. The number of anilines is 1. The average Bonchev–Trinajstić information content (AvgIpc) is 2.58. The number of amides is 1. The molecule has 0 aromatic heterocycles. The molecule has 1 unspecified atom stereocenters. The van der Waals surface area contributed by atoms with E-state index in [1.54, 1.807) is 0 Å². The van der Waals surface area contributed by atoms with Crippen LogP contribution in [0.3, 0.4) is 0 Å². The third-order valence-electron chi connectivity index (χ3n) is 3.87. The van der Waals surface area contributed by atoms with Crippen molar-refractivity contribution in [2.45, 2.75) is 45.1 Å². The molecule has 0 spiro atoms. The first kappa shape index (κ1) is 14.1. The van der Waals surface area contributed by atoms with Gasteiger partial charge in [-0.25, -0.2) is 0 Å². The molecule has 1 aliphatic heterocycles. The fourth-order valence-electron chi connectivity index (χ4n) is 2.78. The molecule has 19 heavy (non-hydrogen) atoms. The number of nitrogens with zero attached hydrogens (tertiary/aromatic N) is 1. The van der Waals surface area contributed by atoms with Crippen molar-refractivity contribution in [3.05, 3.63) is 29.8 Å². The second-order valence-electron chi connectivity index (χ2n) is 5.26. The number of fused-ring (bicyclic) bond motifs is 1. The fourth-order valence-corrected chi connectivity index (χ4v) is 2.78. The molecule has 1 aliphatic rings. The lowest BCUT2D eigenvalue weighted by Crippen LogP contribution is -2.42. The van der Waals surface area contributed by atoms with Gasteiger partial charge >= 0.3 is 0 Å². The maximum absolute atomic E-state index is 12.3. The van der Waals surface area contributed by atoms with Crippen LogP contribution >= 0.6 is 0 Å². The highest BCUT2D eigenvalue weighted by Gasteiger charge is 2.23. The minimum atomic E-state index is 0.265. The van der Waals surface area contributed by atoms with E-state index >= 15 is 0 Å². The highest BCUT2D eigenvalue weighted by molar-refractivity contribution is 5.94. The number of hydrogen-bond donors (Lipinski definition) is 1. The van der Waals surface area contributed by atoms with Crippen molar-refractivity contribution < 1.29 is 4.79 Å². The molecule has 1 heterocycles. The summed E-state index contributed by atoms with van der Waals surface area (Å²) in [5, 5.41) is 3.33. The van der Waals surface area contributed by atoms with Gasteiger partial charge < -0.3 is 10.2 Å². The van der Waals surface area contributed by atoms with Crippen molar-refractivity contribution >= 4 is 11.6 Å². The number of hydrogen-bond acceptors (Lipinski definition) is 2. The maximum Gasteiger partial charge on any atom is 0.227 e. The molecule has 1 aromatic rings. The molecular formula is C16H24N2O. The smallest absolute Gasteiger partial charge is 0.227 e. The zero-order valence-electron chi connectivity index (χ0n) is 12.0. The molecule has 0 radical (unpaired) electrons. The Balaban J connectivity index is 2.23. The molecular weight excluding hydrogens is 236 g/mol. The van der Waals surface area contributed by atoms with Gasteiger partial charge in [0.05, 0.1) is 0 Å². The second kappa shape index (κ2) is 6.71. The standard InChI is InChI=1S/C16H24N2O/c1-3-7-14(17-2)12-18-15-10-5-4-8-13(15)9-6-11-16(18)19/h4-5,8,10,14,17H,3,6-7,9,11-12H2,1-2H3. The molecule has 1 aromatic carbocycles. The number of carbonyl (C=O) groups is 1. The Morgan fingerprint density at radius 1 is 1.32 bits per heavy atom. The van der Waals surface area contributed by atoms with E-state index in [-0.39, 0.29) is 5.91 Å². The summed E-state index contributed by atoms with van der Waals surface area (Å²) in [5.41, 5.74) is 2.42. The van der Waals surface area contributed by atoms with E-state index in [1.807, 2.05) is 18.0 Å². The largest absolute Gasteiger partial charge is 0.315 e. The van der Waals surface area contributed by atoms with Gasteiger partial charge in [-0.05, 0) is 37.9 Å². The van der Waals surface area contributed by atoms with Gasteiger partial charge in [0.25, 0.3) is 0 Å². The zero-order valence-corrected chi connectivity index (χ0v) is 12.0. The molecule has 2 rings (SSSR count). The molecule has 0 aliphatic carbocycles. The summed E-state index contributed by atoms with van der Waals surface area (Å²) < 4.78 is 0. The summed E-state index contributed by atoms with van der Waals surface area (Å²) in [6.07, 6.45) is 4.87. The van der Waals surface area contributed by atoms with Gasteiger partial charge in [0.15, 0.2) is 0 Å². The topological polar surface area (TPSA) is 32.3 Å². The van der Waals surface area contributed by atoms with Crippen molar-refractivity contribution in [1.82, 2.24) is 5.32 Å². The number of rotatable bonds is 5. The Morgan fingerprint density at radius 3 is 2.84 bits per heavy atom. The van der Waals surface area contributed by atoms with Crippen LogP contribution in [0.2, 0.25) is 0 Å². The van der Waals surface area contributed by atoms with Gasteiger partial charge in [-0.3, -0.25) is 4.79 Å². The van der Waals surface area contributed by atoms with E-state index in [2.05, 4.69) is 30.4 Å². The van der Waals surface area contributed by atoms with Crippen molar-refractivity contribution in [1.29, 1.82) is 0 Å². The van der Waals surface area contributed by atoms with Crippen molar-refractivity contribution in [3.8, 4) is 0 Å². The van der Waals surface area contributed by atoms with E-state index in [4.69, 9.17) is 0 Å². The molecule has 1 N–H and O–H groups in total. The Bertz CT molecular complexity index is 431. The number of benzene rings is 1. The Morgan fingerprint density at radius 2 is 2.11 bits per heavy atom. The van der Waals surface area contributed by atoms with Crippen LogP contribution in [0.15, 0.2) is 24.3 Å². The fraction of sp³-hybridized carbons (Fsp3) is 0.562. The van der Waals surface area contributed by atoms with Crippen LogP contribution in [-0.4, -0.2) is 25.5 Å². The van der Waals surface area contributed by atoms with E-state index in [0.717, 1.165) is 37.9 Å². The van der Waals surface area contributed by atoms with E-state index in [0.29, 0.717) is 12.5 Å². The summed E-state index contributed by atoms with van der Waals surface area (Å²) >= 11 is 0. The predicted molar refractivity (Wildman–Crippen MR) is 79.5 cm³/mol. The quantitative estimate of drug-likeness (QED) is 0.883. The summed E-state index contributed by atoms with van der Waals surface area (Å²) in [6.45, 7) is 2.96. The summed E-state index contributed by atoms with van der Waals surface area (Å²) in [7, 11) is 1.98. The highest BCUT2D eigenvalue weighted by Crippen LogP contribution is 2.27. The lowest BCUT2D eigenvalue weighted by molar-refractivity contribution is -0.118. The number of likely N-dealkylation sites (N-methyl/N-ethyl adjacent to an activating group) is 1. The number of carbonyl (C=O) groups excluding carboxylic acids is 1. The molecule has 1 atom stereocenters. The van der Waals surface area contributed by atoms with Crippen LogP contribution in [0.5, 0.6) is 0 Å². The van der Waals surface area contributed by atoms with Gasteiger partial charge in [-0.1, -0.05) is 31.5 Å². The monoisotopic (exact) mass is 260 g/mol. The minimum absolute atomic E-state index is 0.265. The molecule has 0 fully saturated rings. The Hall–Kier alpha value is -1.35. The number of nitrogens with one attached hydrogen (secondary N) is 1. The number of para-hydroxylation sites is 1. The summed E-state index contributed by atoms with van der Waals surface area (Å²) in [6, 6.07) is 8.69. The lowest BCUT2D eigenvalue weighted by Gasteiger charge is -2.27. The van der Waals surface area contributed by atoms with Crippen LogP contribution in [0, 0.1) is 0 Å². The first-order valence-corrected chi connectivity index (χ1v) is 7.31. The van der Waals surface area contributed by atoms with E-state index < -0.39 is 0 Å². The van der Waals surface area contributed by atoms with Crippen molar-refractivity contribution in [2.75, 3.05) is 18.5 Å². The molecule has 0 saturated carbocycles. The average molecular weight is 260 g/mol. The van der Waals surface area contributed by atoms with Crippen LogP contribution in [-0.2, 0) is 11.2 Å². The maximum atomic E-state index is 12.3. The van der Waals surface area contributed by atoms with Gasteiger partial charge in [0, 0.05) is 24.7 Å². The third-order valence-corrected chi connectivity index (χ3v) is 3.87. The van der Waals surface area contributed by atoms with Gasteiger partial charge in [0.1, 0.15) is 0 Å². The van der Waals surface area contributed by atoms with Crippen LogP contribution in [0.25, 0.3) is 0 Å². The first-order chi connectivity index (χ1) is 9.26. The SMILES string of the molecule is CCCC(CN1C(=O)CCCc2ccccc21)NC. The molecule has 104 valence electrons. The first-order valence-electron chi connectivity index (χ1n) is 7.31. The van der Waals surface area contributed by atoms with E-state index in [9.17, 15) is 4.79 Å². The molecule has 1 amide bonds. The summed E-state index contributed by atoms with van der Waals surface area (Å²) in [5.74, 6) is 0.265. The van der Waals surface area contributed by atoms with Crippen LogP contribution in [0.1, 0.15) is 38.2 Å². The van der Waals surface area contributed by atoms with Crippen molar-refractivity contribution in [3.63, 3.8) is 0 Å². The third kappa shape index (κ3) is 3.35. The van der Waals surface area contributed by atoms with Crippen LogP contribution < -0.4 is 10.2 Å². The van der Waals surface area contributed by atoms with E-state index in [1.165, 1.54) is 5.56 Å². The lowest BCUT2D eigenvalue weighted by atomic mass is 10.1. The number of aryl methyl sites for hydroxylation is 1. The Labute approximate surface area is 116 Å². The Kier molecular flexibility index (Phi) is 4.97. The highest BCUT2D eigenvalue weighted by atomic mass is 16.2. The van der Waals surface area contributed by atoms with Crippen LogP contribution in [0.4, 0.5) is 5.69 Å². The van der Waals surface area contributed by atoms with Gasteiger partial charge in [-0.15, -0.1) is 0 Å². The predicted octanol–water partition coefficient (Wildman–Crippen LogP) is 2.74. The minimum Gasteiger partial charge on any atom is -0.315 e. The van der Waals surface area contributed by atoms with Crippen molar-refractivity contribution in [2.24, 2.45) is 0 Å². The molecule has 3 nitrogen and oxygen atoms in total. The summed E-state index contributed by atoms with van der Waals surface area (Å²) in [4.78, 5) is 14.3. The normalized spacial score (nSPS) is 16.9. The van der Waals surface area contributed by atoms with Gasteiger partial charge in [-0.2, -0.15) is 0 Å². The molecule has 0 bridgehead atoms. The zero-order chi connectivity index (χ0) is 13.7. The van der Waals surface area contributed by atoms with Gasteiger partial charge in [0.2, 0.25) is 5.91 Å².